The van der Waals surface area contributed by atoms with Gasteiger partial charge < -0.3 is 10.6 Å². The number of nitrogens with zero attached hydrogens (tertiary/aromatic N) is 1. The molecule has 4 heteroatoms. The quantitative estimate of drug-likeness (QED) is 0.656. The lowest BCUT2D eigenvalue weighted by molar-refractivity contribution is -0.134. The zero-order chi connectivity index (χ0) is 14.1. The molecule has 0 spiro atoms. The number of rotatable bonds is 9. The summed E-state index contributed by atoms with van der Waals surface area (Å²) in [5.74, 6) is -0.0335. The van der Waals surface area contributed by atoms with Gasteiger partial charge in [0.1, 0.15) is 0 Å². The third-order valence-corrected chi connectivity index (χ3v) is 3.37. The Labute approximate surface area is 117 Å². The second-order valence-corrected chi connectivity index (χ2v) is 5.63. The molecule has 0 bridgehead atoms. The van der Waals surface area contributed by atoms with Gasteiger partial charge in [-0.1, -0.05) is 52.8 Å². The molecular formula is C14H28N2OS. The maximum atomic E-state index is 12.5. The number of amides is 1. The van der Waals surface area contributed by atoms with Gasteiger partial charge in [0.25, 0.3) is 0 Å². The highest BCUT2D eigenvalue weighted by Gasteiger charge is 2.28. The summed E-state index contributed by atoms with van der Waals surface area (Å²) >= 11 is 5.04. The van der Waals surface area contributed by atoms with Crippen LogP contribution in [0.3, 0.4) is 0 Å². The van der Waals surface area contributed by atoms with Crippen molar-refractivity contribution in [1.29, 1.82) is 0 Å². The molecule has 0 radical (unpaired) electrons. The third kappa shape index (κ3) is 5.80. The normalized spacial score (nSPS) is 12.5. The van der Waals surface area contributed by atoms with E-state index in [0.717, 1.165) is 38.8 Å². The Morgan fingerprint density at radius 1 is 1.17 bits per heavy atom. The largest absolute Gasteiger partial charge is 0.393 e. The Bertz CT molecular complexity index is 259. The molecule has 3 nitrogen and oxygen atoms in total. The van der Waals surface area contributed by atoms with Crippen LogP contribution < -0.4 is 5.73 Å². The van der Waals surface area contributed by atoms with Crippen molar-refractivity contribution >= 4 is 23.1 Å². The molecule has 0 aliphatic rings. The lowest BCUT2D eigenvalue weighted by atomic mass is 9.94. The molecule has 1 atom stereocenters. The van der Waals surface area contributed by atoms with Crippen molar-refractivity contribution in [3.63, 3.8) is 0 Å². The first kappa shape index (κ1) is 17.4. The predicted octanol–water partition coefficient (Wildman–Crippen LogP) is 2.97. The number of carbonyl (C=O) groups excluding carboxylic acids is 1. The molecule has 0 aromatic heterocycles. The summed E-state index contributed by atoms with van der Waals surface area (Å²) in [7, 11) is 0. The second-order valence-electron chi connectivity index (χ2n) is 5.16. The summed E-state index contributed by atoms with van der Waals surface area (Å²) in [4.78, 5) is 14.8. The second kappa shape index (κ2) is 9.31. The molecule has 0 aromatic rings. The SMILES string of the molecule is CCCCN(CCCC)C(=O)C(C(N)=S)C(C)C. The van der Waals surface area contributed by atoms with Gasteiger partial charge >= 0.3 is 0 Å². The molecule has 2 N–H and O–H groups in total. The minimum absolute atomic E-state index is 0.111. The van der Waals surface area contributed by atoms with E-state index in [1.807, 2.05) is 18.7 Å². The molecule has 1 amide bonds. The van der Waals surface area contributed by atoms with Crippen molar-refractivity contribution in [2.45, 2.75) is 53.4 Å². The van der Waals surface area contributed by atoms with Gasteiger partial charge in [-0.15, -0.1) is 0 Å². The van der Waals surface area contributed by atoms with E-state index < -0.39 is 0 Å². The third-order valence-electron chi connectivity index (χ3n) is 3.11. The van der Waals surface area contributed by atoms with E-state index in [1.165, 1.54) is 0 Å². The van der Waals surface area contributed by atoms with E-state index in [2.05, 4.69) is 13.8 Å². The van der Waals surface area contributed by atoms with Crippen LogP contribution >= 0.6 is 12.2 Å². The number of thiocarbonyl (C=S) groups is 1. The van der Waals surface area contributed by atoms with Crippen molar-refractivity contribution in [1.82, 2.24) is 4.90 Å². The minimum atomic E-state index is -0.311. The van der Waals surface area contributed by atoms with Crippen LogP contribution in [0.5, 0.6) is 0 Å². The Hall–Kier alpha value is -0.640. The Balaban J connectivity index is 4.72. The van der Waals surface area contributed by atoms with E-state index >= 15 is 0 Å². The lowest BCUT2D eigenvalue weighted by Gasteiger charge is -2.28. The van der Waals surface area contributed by atoms with Gasteiger partial charge in [0.2, 0.25) is 5.91 Å². The van der Waals surface area contributed by atoms with Crippen molar-refractivity contribution in [3.05, 3.63) is 0 Å². The van der Waals surface area contributed by atoms with Gasteiger partial charge in [-0.3, -0.25) is 4.79 Å². The average Bonchev–Trinajstić information content (AvgIpc) is 2.28. The average molecular weight is 272 g/mol. The van der Waals surface area contributed by atoms with Crippen LogP contribution in [-0.2, 0) is 4.79 Å². The first-order chi connectivity index (χ1) is 8.45. The zero-order valence-corrected chi connectivity index (χ0v) is 13.1. The van der Waals surface area contributed by atoms with Gasteiger partial charge in [-0.25, -0.2) is 0 Å². The van der Waals surface area contributed by atoms with E-state index in [0.29, 0.717) is 4.99 Å². The standard InChI is InChI=1S/C14H28N2OS/c1-5-7-9-16(10-8-6-2)14(17)12(11(3)4)13(15)18/h11-12H,5-10H2,1-4H3,(H2,15,18). The first-order valence-corrected chi connectivity index (χ1v) is 7.44. The van der Waals surface area contributed by atoms with Crippen molar-refractivity contribution in [3.8, 4) is 0 Å². The Kier molecular flexibility index (Phi) is 8.98. The molecule has 0 aromatic carbocycles. The summed E-state index contributed by atoms with van der Waals surface area (Å²) in [6.07, 6.45) is 4.26. The minimum Gasteiger partial charge on any atom is -0.393 e. The number of carbonyl (C=O) groups is 1. The molecule has 1 unspecified atom stereocenters. The molecule has 0 aliphatic heterocycles. The highest BCUT2D eigenvalue weighted by molar-refractivity contribution is 7.80. The van der Waals surface area contributed by atoms with Crippen molar-refractivity contribution in [2.75, 3.05) is 13.1 Å². The smallest absolute Gasteiger partial charge is 0.232 e. The topological polar surface area (TPSA) is 46.3 Å². The molecule has 0 rings (SSSR count). The maximum Gasteiger partial charge on any atom is 0.232 e. The Morgan fingerprint density at radius 2 is 1.61 bits per heavy atom. The number of nitrogens with two attached hydrogens (primary N) is 1. The van der Waals surface area contributed by atoms with Gasteiger partial charge in [-0.05, 0) is 18.8 Å². The van der Waals surface area contributed by atoms with E-state index in [9.17, 15) is 4.79 Å². The van der Waals surface area contributed by atoms with Gasteiger partial charge in [0.05, 0.1) is 10.9 Å². The Morgan fingerprint density at radius 3 is 1.89 bits per heavy atom. The fourth-order valence-electron chi connectivity index (χ4n) is 1.96. The molecule has 106 valence electrons. The van der Waals surface area contributed by atoms with Crippen LogP contribution in [0, 0.1) is 11.8 Å². The van der Waals surface area contributed by atoms with Crippen LogP contribution in [0.4, 0.5) is 0 Å². The highest BCUT2D eigenvalue weighted by atomic mass is 32.1. The van der Waals surface area contributed by atoms with Gasteiger partial charge in [-0.2, -0.15) is 0 Å². The lowest BCUT2D eigenvalue weighted by Crippen LogP contribution is -2.44. The zero-order valence-electron chi connectivity index (χ0n) is 12.2. The molecule has 0 fully saturated rings. The summed E-state index contributed by atoms with van der Waals surface area (Å²) in [6, 6.07) is 0. The number of unbranched alkanes of at least 4 members (excludes halogenated alkanes) is 2. The van der Waals surface area contributed by atoms with Crippen LogP contribution in [0.25, 0.3) is 0 Å². The van der Waals surface area contributed by atoms with Crippen LogP contribution in [0.1, 0.15) is 53.4 Å². The summed E-state index contributed by atoms with van der Waals surface area (Å²) < 4.78 is 0. The molecular weight excluding hydrogens is 244 g/mol. The van der Waals surface area contributed by atoms with Crippen molar-refractivity contribution < 1.29 is 4.79 Å². The maximum absolute atomic E-state index is 12.5. The van der Waals surface area contributed by atoms with E-state index in [1.54, 1.807) is 0 Å². The van der Waals surface area contributed by atoms with Crippen LogP contribution in [0.2, 0.25) is 0 Å². The monoisotopic (exact) mass is 272 g/mol. The highest BCUT2D eigenvalue weighted by Crippen LogP contribution is 2.16. The first-order valence-electron chi connectivity index (χ1n) is 7.03. The van der Waals surface area contributed by atoms with Crippen LogP contribution in [0.15, 0.2) is 0 Å². The summed E-state index contributed by atoms with van der Waals surface area (Å²) in [5.41, 5.74) is 5.72. The summed E-state index contributed by atoms with van der Waals surface area (Å²) in [6.45, 7) is 9.91. The van der Waals surface area contributed by atoms with E-state index in [-0.39, 0.29) is 17.7 Å². The molecule has 0 heterocycles. The fraction of sp³-hybridized carbons (Fsp3) is 0.857. The fourth-order valence-corrected chi connectivity index (χ4v) is 2.34. The molecule has 18 heavy (non-hydrogen) atoms. The van der Waals surface area contributed by atoms with Gasteiger partial charge in [0, 0.05) is 13.1 Å². The predicted molar refractivity (Wildman–Crippen MR) is 81.5 cm³/mol. The number of hydrogen-bond acceptors (Lipinski definition) is 2. The van der Waals surface area contributed by atoms with E-state index in [4.69, 9.17) is 18.0 Å². The van der Waals surface area contributed by atoms with Gasteiger partial charge in [0.15, 0.2) is 0 Å². The molecule has 0 saturated carbocycles. The van der Waals surface area contributed by atoms with Crippen LogP contribution in [-0.4, -0.2) is 28.9 Å². The summed E-state index contributed by atoms with van der Waals surface area (Å²) in [5, 5.41) is 0. The molecule has 0 saturated heterocycles. The molecule has 0 aliphatic carbocycles. The number of hydrogen-bond donors (Lipinski definition) is 1. The van der Waals surface area contributed by atoms with Crippen molar-refractivity contribution in [2.24, 2.45) is 17.6 Å².